The highest BCUT2D eigenvalue weighted by atomic mass is 16.5. The molecule has 0 bridgehead atoms. The molecule has 1 aromatic heterocycles. The first-order valence-electron chi connectivity index (χ1n) is 7.02. The van der Waals surface area contributed by atoms with E-state index >= 15 is 0 Å². The number of aromatic nitrogens is 1. The second-order valence-corrected chi connectivity index (χ2v) is 5.53. The van der Waals surface area contributed by atoms with Crippen molar-refractivity contribution >= 4 is 11.9 Å². The number of nitrogens with one attached hydrogen (secondary N) is 1. The Hall–Kier alpha value is -1.89. The molecular formula is C14H20N2O5. The van der Waals surface area contributed by atoms with Gasteiger partial charge in [0.25, 0.3) is 5.91 Å². The van der Waals surface area contributed by atoms with Crippen molar-refractivity contribution in [3.05, 3.63) is 17.0 Å². The highest BCUT2D eigenvalue weighted by Crippen LogP contribution is 2.23. The lowest BCUT2D eigenvalue weighted by Gasteiger charge is -2.12. The number of carboxylic acid groups (broad SMARTS) is 1. The molecule has 0 aromatic carbocycles. The summed E-state index contributed by atoms with van der Waals surface area (Å²) in [5, 5.41) is 15.5. The van der Waals surface area contributed by atoms with E-state index in [0.29, 0.717) is 29.9 Å². The SMILES string of the molecule is Cc1noc(C(C)C)c1C(=O)NCC1CCC(C(=O)O)O1. The van der Waals surface area contributed by atoms with Crippen molar-refractivity contribution < 1.29 is 24.0 Å². The number of nitrogens with zero attached hydrogens (tertiary/aromatic N) is 1. The van der Waals surface area contributed by atoms with Crippen LogP contribution < -0.4 is 5.32 Å². The van der Waals surface area contributed by atoms with Gasteiger partial charge in [0, 0.05) is 12.5 Å². The van der Waals surface area contributed by atoms with Crippen molar-refractivity contribution in [2.45, 2.75) is 51.7 Å². The number of carboxylic acids is 1. The maximum Gasteiger partial charge on any atom is 0.332 e. The van der Waals surface area contributed by atoms with Gasteiger partial charge in [0.1, 0.15) is 5.56 Å². The van der Waals surface area contributed by atoms with Gasteiger partial charge in [0.2, 0.25) is 0 Å². The molecule has 0 spiro atoms. The van der Waals surface area contributed by atoms with Crippen molar-refractivity contribution in [1.82, 2.24) is 10.5 Å². The second-order valence-electron chi connectivity index (χ2n) is 5.53. The van der Waals surface area contributed by atoms with E-state index in [9.17, 15) is 9.59 Å². The van der Waals surface area contributed by atoms with E-state index in [1.807, 2.05) is 13.8 Å². The van der Waals surface area contributed by atoms with E-state index in [0.717, 1.165) is 0 Å². The molecule has 21 heavy (non-hydrogen) atoms. The molecule has 2 unspecified atom stereocenters. The van der Waals surface area contributed by atoms with Gasteiger partial charge in [-0.15, -0.1) is 0 Å². The zero-order valence-electron chi connectivity index (χ0n) is 12.4. The first kappa shape index (κ1) is 15.5. The average molecular weight is 296 g/mol. The van der Waals surface area contributed by atoms with Crippen LogP contribution in [-0.2, 0) is 9.53 Å². The van der Waals surface area contributed by atoms with E-state index in [1.54, 1.807) is 6.92 Å². The highest BCUT2D eigenvalue weighted by Gasteiger charge is 2.31. The number of aliphatic carboxylic acids is 1. The number of aryl methyl sites for hydroxylation is 1. The predicted octanol–water partition coefficient (Wildman–Crippen LogP) is 1.47. The van der Waals surface area contributed by atoms with Crippen molar-refractivity contribution in [1.29, 1.82) is 0 Å². The number of hydrogen-bond donors (Lipinski definition) is 2. The van der Waals surface area contributed by atoms with E-state index in [4.69, 9.17) is 14.4 Å². The molecule has 0 saturated carbocycles. The van der Waals surface area contributed by atoms with E-state index in [2.05, 4.69) is 10.5 Å². The Labute approximate surface area is 122 Å². The van der Waals surface area contributed by atoms with Crippen LogP contribution in [0, 0.1) is 6.92 Å². The van der Waals surface area contributed by atoms with Crippen LogP contribution in [0.1, 0.15) is 54.4 Å². The van der Waals surface area contributed by atoms with Gasteiger partial charge < -0.3 is 19.7 Å². The van der Waals surface area contributed by atoms with Crippen LogP contribution >= 0.6 is 0 Å². The molecule has 1 aliphatic heterocycles. The fourth-order valence-electron chi connectivity index (χ4n) is 2.39. The zero-order chi connectivity index (χ0) is 15.6. The van der Waals surface area contributed by atoms with Gasteiger partial charge in [0.15, 0.2) is 11.9 Å². The maximum atomic E-state index is 12.2. The van der Waals surface area contributed by atoms with Crippen molar-refractivity contribution in [3.63, 3.8) is 0 Å². The lowest BCUT2D eigenvalue weighted by Crippen LogP contribution is -2.33. The minimum atomic E-state index is -0.958. The molecule has 0 aliphatic carbocycles. The Balaban J connectivity index is 1.94. The summed E-state index contributed by atoms with van der Waals surface area (Å²) in [6.45, 7) is 5.85. The molecule has 116 valence electrons. The Kier molecular flexibility index (Phi) is 4.62. The Morgan fingerprint density at radius 2 is 2.14 bits per heavy atom. The molecule has 2 N–H and O–H groups in total. The lowest BCUT2D eigenvalue weighted by molar-refractivity contribution is -0.149. The molecular weight excluding hydrogens is 276 g/mol. The summed E-state index contributed by atoms with van der Waals surface area (Å²) < 4.78 is 10.5. The topological polar surface area (TPSA) is 102 Å². The first-order valence-corrected chi connectivity index (χ1v) is 7.02. The molecule has 2 atom stereocenters. The van der Waals surface area contributed by atoms with Gasteiger partial charge in [0.05, 0.1) is 11.8 Å². The average Bonchev–Trinajstić information content (AvgIpc) is 3.02. The number of ether oxygens (including phenoxy) is 1. The van der Waals surface area contributed by atoms with Crippen LogP contribution in [0.25, 0.3) is 0 Å². The summed E-state index contributed by atoms with van der Waals surface area (Å²) >= 11 is 0. The molecule has 1 fully saturated rings. The van der Waals surface area contributed by atoms with Gasteiger partial charge in [-0.3, -0.25) is 4.79 Å². The molecule has 2 heterocycles. The highest BCUT2D eigenvalue weighted by molar-refractivity contribution is 5.96. The molecule has 7 heteroatoms. The number of rotatable bonds is 5. The summed E-state index contributed by atoms with van der Waals surface area (Å²) in [6, 6.07) is 0. The predicted molar refractivity (Wildman–Crippen MR) is 73.2 cm³/mol. The lowest BCUT2D eigenvalue weighted by atomic mass is 10.0. The van der Waals surface area contributed by atoms with Gasteiger partial charge in [-0.2, -0.15) is 0 Å². The van der Waals surface area contributed by atoms with E-state index < -0.39 is 12.1 Å². The quantitative estimate of drug-likeness (QED) is 0.853. The van der Waals surface area contributed by atoms with Gasteiger partial charge >= 0.3 is 5.97 Å². The molecule has 1 amide bonds. The monoisotopic (exact) mass is 296 g/mol. The van der Waals surface area contributed by atoms with Gasteiger partial charge in [-0.1, -0.05) is 19.0 Å². The Morgan fingerprint density at radius 3 is 2.71 bits per heavy atom. The number of hydrogen-bond acceptors (Lipinski definition) is 5. The fourth-order valence-corrected chi connectivity index (χ4v) is 2.39. The molecule has 7 nitrogen and oxygen atoms in total. The molecule has 1 aromatic rings. The summed E-state index contributed by atoms with van der Waals surface area (Å²) in [7, 11) is 0. The van der Waals surface area contributed by atoms with Crippen LogP contribution in [0.2, 0.25) is 0 Å². The third-order valence-electron chi connectivity index (χ3n) is 3.51. The molecule has 1 saturated heterocycles. The molecule has 2 rings (SSSR count). The van der Waals surface area contributed by atoms with Crippen molar-refractivity contribution in [2.24, 2.45) is 0 Å². The summed E-state index contributed by atoms with van der Waals surface area (Å²) in [4.78, 5) is 23.0. The van der Waals surface area contributed by atoms with Crippen LogP contribution in [0.15, 0.2) is 4.52 Å². The zero-order valence-corrected chi connectivity index (χ0v) is 12.4. The largest absolute Gasteiger partial charge is 0.479 e. The van der Waals surface area contributed by atoms with Crippen LogP contribution in [-0.4, -0.2) is 40.9 Å². The second kappa shape index (κ2) is 6.26. The standard InChI is InChI=1S/C14H20N2O5/c1-7(2)12-11(8(3)16-21-12)13(17)15-6-9-4-5-10(20-9)14(18)19/h7,9-10H,4-6H2,1-3H3,(H,15,17)(H,18,19). The number of amides is 1. The molecule has 0 radical (unpaired) electrons. The Morgan fingerprint density at radius 1 is 1.43 bits per heavy atom. The van der Waals surface area contributed by atoms with Gasteiger partial charge in [-0.25, -0.2) is 4.79 Å². The van der Waals surface area contributed by atoms with Crippen molar-refractivity contribution in [3.8, 4) is 0 Å². The normalized spacial score (nSPS) is 21.7. The van der Waals surface area contributed by atoms with Crippen LogP contribution in [0.3, 0.4) is 0 Å². The number of carbonyl (C=O) groups is 2. The summed E-state index contributed by atoms with van der Waals surface area (Å²) in [5.74, 6) is -0.604. The third-order valence-corrected chi connectivity index (χ3v) is 3.51. The summed E-state index contributed by atoms with van der Waals surface area (Å²) in [5.41, 5.74) is 1.00. The Bertz CT molecular complexity index is 537. The van der Waals surface area contributed by atoms with Crippen molar-refractivity contribution in [2.75, 3.05) is 6.54 Å². The fraction of sp³-hybridized carbons (Fsp3) is 0.643. The minimum Gasteiger partial charge on any atom is -0.479 e. The van der Waals surface area contributed by atoms with E-state index in [1.165, 1.54) is 0 Å². The first-order chi connectivity index (χ1) is 9.90. The number of carbonyl (C=O) groups excluding carboxylic acids is 1. The van der Waals surface area contributed by atoms with Crippen LogP contribution in [0.5, 0.6) is 0 Å². The summed E-state index contributed by atoms with van der Waals surface area (Å²) in [6.07, 6.45) is 0.0595. The maximum absolute atomic E-state index is 12.2. The third kappa shape index (κ3) is 3.41. The minimum absolute atomic E-state index is 0.0612. The smallest absolute Gasteiger partial charge is 0.332 e. The molecule has 1 aliphatic rings. The van der Waals surface area contributed by atoms with Crippen LogP contribution in [0.4, 0.5) is 0 Å². The van der Waals surface area contributed by atoms with E-state index in [-0.39, 0.29) is 24.5 Å². The van der Waals surface area contributed by atoms with Gasteiger partial charge in [-0.05, 0) is 19.8 Å².